The van der Waals surface area contributed by atoms with E-state index in [-0.39, 0.29) is 0 Å². The van der Waals surface area contributed by atoms with E-state index in [1.807, 2.05) is 5.51 Å². The van der Waals surface area contributed by atoms with Crippen LogP contribution in [0.15, 0.2) is 23.0 Å². The number of hydrogen-bond acceptors (Lipinski definition) is 3. The molecule has 1 aromatic carbocycles. The summed E-state index contributed by atoms with van der Waals surface area (Å²) in [7, 11) is 0. The third-order valence-electron chi connectivity index (χ3n) is 3.24. The Morgan fingerprint density at radius 1 is 1.22 bits per heavy atom. The average Bonchev–Trinajstić information content (AvgIpc) is 2.77. The highest BCUT2D eigenvalue weighted by Gasteiger charge is 2.11. The minimum Gasteiger partial charge on any atom is -0.305 e. The van der Waals surface area contributed by atoms with Crippen molar-refractivity contribution in [1.82, 2.24) is 10.3 Å². The molecule has 0 fully saturated rings. The number of nitrogens with one attached hydrogen (secondary N) is 1. The Morgan fingerprint density at radius 2 is 1.89 bits per heavy atom. The van der Waals surface area contributed by atoms with Crippen LogP contribution < -0.4 is 5.32 Å². The molecule has 18 heavy (non-hydrogen) atoms. The maximum atomic E-state index is 4.30. The Kier molecular flexibility index (Phi) is 4.15. The van der Waals surface area contributed by atoms with Crippen molar-refractivity contribution < 1.29 is 0 Å². The van der Waals surface area contributed by atoms with Crippen LogP contribution in [0.1, 0.15) is 40.9 Å². The molecule has 0 saturated heterocycles. The molecule has 2 aromatic rings. The molecule has 0 amide bonds. The Morgan fingerprint density at radius 3 is 2.44 bits per heavy atom. The third-order valence-corrected chi connectivity index (χ3v) is 3.88. The number of rotatable bonds is 4. The largest absolute Gasteiger partial charge is 0.305 e. The molecule has 2 rings (SSSR count). The van der Waals surface area contributed by atoms with E-state index in [4.69, 9.17) is 0 Å². The Bertz CT molecular complexity index is 494. The third kappa shape index (κ3) is 2.98. The van der Waals surface area contributed by atoms with Gasteiger partial charge in [-0.05, 0) is 44.4 Å². The summed E-state index contributed by atoms with van der Waals surface area (Å²) in [5.41, 5.74) is 8.48. The fourth-order valence-electron chi connectivity index (χ4n) is 2.56. The van der Waals surface area contributed by atoms with E-state index in [0.29, 0.717) is 6.04 Å². The maximum Gasteiger partial charge on any atom is 0.0795 e. The first-order chi connectivity index (χ1) is 8.58. The minimum atomic E-state index is 0.354. The van der Waals surface area contributed by atoms with E-state index >= 15 is 0 Å². The Labute approximate surface area is 113 Å². The number of benzene rings is 1. The number of nitrogens with zero attached hydrogens (tertiary/aromatic N) is 1. The van der Waals surface area contributed by atoms with Gasteiger partial charge in [0.25, 0.3) is 0 Å². The lowest BCUT2D eigenvalue weighted by molar-refractivity contribution is 0.564. The Balaban J connectivity index is 2.11. The molecule has 1 atom stereocenters. The van der Waals surface area contributed by atoms with Gasteiger partial charge in [-0.25, -0.2) is 4.98 Å². The van der Waals surface area contributed by atoms with E-state index in [0.717, 1.165) is 12.2 Å². The van der Waals surface area contributed by atoms with Gasteiger partial charge < -0.3 is 5.32 Å². The van der Waals surface area contributed by atoms with Gasteiger partial charge in [0.05, 0.1) is 11.2 Å². The van der Waals surface area contributed by atoms with Crippen LogP contribution in [0, 0.1) is 20.8 Å². The molecule has 0 aliphatic carbocycles. The van der Waals surface area contributed by atoms with Crippen LogP contribution in [0.4, 0.5) is 0 Å². The normalized spacial score (nSPS) is 12.7. The first-order valence-corrected chi connectivity index (χ1v) is 7.20. The molecule has 1 unspecified atom stereocenters. The van der Waals surface area contributed by atoms with E-state index in [2.05, 4.69) is 55.5 Å². The van der Waals surface area contributed by atoms with Crippen LogP contribution in [0.25, 0.3) is 0 Å². The van der Waals surface area contributed by atoms with Crippen molar-refractivity contribution in [3.8, 4) is 0 Å². The molecule has 96 valence electrons. The molecule has 1 N–H and O–H groups in total. The van der Waals surface area contributed by atoms with Crippen molar-refractivity contribution in [2.75, 3.05) is 0 Å². The Hall–Kier alpha value is -1.19. The standard InChI is InChI=1S/C15H20N2S/c1-10-5-11(2)15(12(3)6-10)13(4)16-7-14-8-18-9-17-14/h5-6,8-9,13,16H,7H2,1-4H3. The molecule has 1 heterocycles. The lowest BCUT2D eigenvalue weighted by atomic mass is 9.95. The zero-order valence-corrected chi connectivity index (χ0v) is 12.3. The minimum absolute atomic E-state index is 0.354. The van der Waals surface area contributed by atoms with Crippen molar-refractivity contribution in [3.05, 3.63) is 51.0 Å². The van der Waals surface area contributed by atoms with Gasteiger partial charge in [-0.1, -0.05) is 17.7 Å². The summed E-state index contributed by atoms with van der Waals surface area (Å²) in [5.74, 6) is 0. The molecule has 3 heteroatoms. The highest BCUT2D eigenvalue weighted by molar-refractivity contribution is 7.07. The zero-order chi connectivity index (χ0) is 13.1. The smallest absolute Gasteiger partial charge is 0.0795 e. The monoisotopic (exact) mass is 260 g/mol. The summed E-state index contributed by atoms with van der Waals surface area (Å²) in [5, 5.41) is 5.64. The average molecular weight is 260 g/mol. The molecule has 2 nitrogen and oxygen atoms in total. The molecule has 0 radical (unpaired) electrons. The molecule has 0 spiro atoms. The molecule has 1 aromatic heterocycles. The summed E-state index contributed by atoms with van der Waals surface area (Å²) >= 11 is 1.64. The van der Waals surface area contributed by atoms with Crippen LogP contribution in [-0.4, -0.2) is 4.98 Å². The first kappa shape index (κ1) is 13.2. The molecule has 0 aliphatic heterocycles. The van der Waals surface area contributed by atoms with Crippen molar-refractivity contribution in [2.24, 2.45) is 0 Å². The number of aryl methyl sites for hydroxylation is 3. The van der Waals surface area contributed by atoms with Crippen LogP contribution >= 0.6 is 11.3 Å². The second-order valence-corrected chi connectivity index (χ2v) is 5.61. The molecule has 0 aliphatic rings. The van der Waals surface area contributed by atoms with Gasteiger partial charge >= 0.3 is 0 Å². The summed E-state index contributed by atoms with van der Waals surface area (Å²) in [6.07, 6.45) is 0. The SMILES string of the molecule is Cc1cc(C)c(C(C)NCc2cscn2)c(C)c1. The lowest BCUT2D eigenvalue weighted by Crippen LogP contribution is -2.20. The van der Waals surface area contributed by atoms with E-state index in [1.165, 1.54) is 22.3 Å². The van der Waals surface area contributed by atoms with Gasteiger partial charge in [-0.3, -0.25) is 0 Å². The second-order valence-electron chi connectivity index (χ2n) is 4.89. The molecule has 0 bridgehead atoms. The van der Waals surface area contributed by atoms with Crippen LogP contribution in [0.2, 0.25) is 0 Å². The van der Waals surface area contributed by atoms with Gasteiger partial charge in [-0.2, -0.15) is 0 Å². The van der Waals surface area contributed by atoms with E-state index in [1.54, 1.807) is 11.3 Å². The summed E-state index contributed by atoms with van der Waals surface area (Å²) in [6.45, 7) is 9.58. The maximum absolute atomic E-state index is 4.30. The van der Waals surface area contributed by atoms with Crippen LogP contribution in [0.5, 0.6) is 0 Å². The second kappa shape index (κ2) is 5.63. The fraction of sp³-hybridized carbons (Fsp3) is 0.400. The van der Waals surface area contributed by atoms with Gasteiger partial charge in [0.2, 0.25) is 0 Å². The van der Waals surface area contributed by atoms with Gasteiger partial charge in [0, 0.05) is 18.0 Å². The highest BCUT2D eigenvalue weighted by Crippen LogP contribution is 2.23. The molecular formula is C15H20N2S. The summed E-state index contributed by atoms with van der Waals surface area (Å²) in [6, 6.07) is 4.86. The topological polar surface area (TPSA) is 24.9 Å². The van der Waals surface area contributed by atoms with E-state index < -0.39 is 0 Å². The van der Waals surface area contributed by atoms with Crippen LogP contribution in [-0.2, 0) is 6.54 Å². The predicted octanol–water partition coefficient (Wildman–Crippen LogP) is 3.92. The lowest BCUT2D eigenvalue weighted by Gasteiger charge is -2.19. The number of aromatic nitrogens is 1. The van der Waals surface area contributed by atoms with Crippen LogP contribution in [0.3, 0.4) is 0 Å². The van der Waals surface area contributed by atoms with Crippen molar-refractivity contribution >= 4 is 11.3 Å². The number of thiazole rings is 1. The van der Waals surface area contributed by atoms with Gasteiger partial charge in [-0.15, -0.1) is 11.3 Å². The fourth-order valence-corrected chi connectivity index (χ4v) is 3.12. The molecular weight excluding hydrogens is 240 g/mol. The first-order valence-electron chi connectivity index (χ1n) is 6.26. The highest BCUT2D eigenvalue weighted by atomic mass is 32.1. The van der Waals surface area contributed by atoms with Crippen molar-refractivity contribution in [1.29, 1.82) is 0 Å². The summed E-state index contributed by atoms with van der Waals surface area (Å²) in [4.78, 5) is 4.30. The van der Waals surface area contributed by atoms with E-state index in [9.17, 15) is 0 Å². The van der Waals surface area contributed by atoms with Gasteiger partial charge in [0.15, 0.2) is 0 Å². The zero-order valence-electron chi connectivity index (χ0n) is 11.4. The van der Waals surface area contributed by atoms with Gasteiger partial charge in [0.1, 0.15) is 0 Å². The molecule has 0 saturated carbocycles. The predicted molar refractivity (Wildman–Crippen MR) is 78.0 cm³/mol. The number of hydrogen-bond donors (Lipinski definition) is 1. The van der Waals surface area contributed by atoms with Crippen molar-refractivity contribution in [3.63, 3.8) is 0 Å². The quantitative estimate of drug-likeness (QED) is 0.901. The summed E-state index contributed by atoms with van der Waals surface area (Å²) < 4.78 is 0. The van der Waals surface area contributed by atoms with Crippen molar-refractivity contribution in [2.45, 2.75) is 40.3 Å².